The zero-order valence-corrected chi connectivity index (χ0v) is 16.3. The third kappa shape index (κ3) is 3.87. The lowest BCUT2D eigenvalue weighted by atomic mass is 10.1. The molecule has 0 radical (unpaired) electrons. The summed E-state index contributed by atoms with van der Waals surface area (Å²) in [5, 5.41) is 22.7. The third-order valence-electron chi connectivity index (χ3n) is 4.34. The van der Waals surface area contributed by atoms with Crippen LogP contribution in [0.5, 0.6) is 17.4 Å². The number of nitrogens with one attached hydrogen (secondary N) is 1. The van der Waals surface area contributed by atoms with Crippen LogP contribution in [-0.2, 0) is 0 Å². The fraction of sp³-hybridized carbons (Fsp3) is 0.250. The van der Waals surface area contributed by atoms with E-state index in [1.807, 2.05) is 13.8 Å². The molecule has 9 heteroatoms. The minimum absolute atomic E-state index is 0.0343. The Morgan fingerprint density at radius 3 is 2.45 bits per heavy atom. The predicted octanol–water partition coefficient (Wildman–Crippen LogP) is 2.43. The third-order valence-corrected chi connectivity index (χ3v) is 4.34. The molecule has 9 nitrogen and oxygen atoms in total. The Morgan fingerprint density at radius 1 is 1.21 bits per heavy atom. The van der Waals surface area contributed by atoms with Crippen LogP contribution in [0.1, 0.15) is 42.1 Å². The number of hydrogen-bond donors (Lipinski definition) is 2. The lowest BCUT2D eigenvalue weighted by molar-refractivity contribution is 0.431. The number of aromatic hydroxyl groups is 1. The zero-order chi connectivity index (χ0) is 21.3. The number of nitrogens with zero attached hydrogens (tertiary/aromatic N) is 4. The second-order valence-electron chi connectivity index (χ2n) is 6.88. The average molecular weight is 393 g/mol. The van der Waals surface area contributed by atoms with E-state index in [-0.39, 0.29) is 11.8 Å². The van der Waals surface area contributed by atoms with Gasteiger partial charge in [0.25, 0.3) is 5.56 Å². The molecule has 0 atom stereocenters. The van der Waals surface area contributed by atoms with Crippen molar-refractivity contribution in [2.45, 2.75) is 33.6 Å². The number of rotatable bonds is 4. The summed E-state index contributed by atoms with van der Waals surface area (Å²) in [6.45, 7) is 7.47. The Kier molecular flexibility index (Phi) is 5.19. The number of aromatic amines is 1. The quantitative estimate of drug-likeness (QED) is 0.695. The SMILES string of the molecule is Cc1cc(-n2nc(C#N)c(=O)[nH]c2=O)cc(C)c1Oc1cnc(O)c(C(C)C)c1. The van der Waals surface area contributed by atoms with E-state index < -0.39 is 16.9 Å². The smallest absolute Gasteiger partial charge is 0.349 e. The first-order valence-electron chi connectivity index (χ1n) is 8.83. The topological polar surface area (TPSA) is 134 Å². The number of aryl methyl sites for hydroxylation is 2. The molecule has 0 aliphatic rings. The molecule has 148 valence electrons. The minimum Gasteiger partial charge on any atom is -0.493 e. The fourth-order valence-corrected chi connectivity index (χ4v) is 2.91. The van der Waals surface area contributed by atoms with Gasteiger partial charge in [-0.3, -0.25) is 9.78 Å². The van der Waals surface area contributed by atoms with Gasteiger partial charge < -0.3 is 9.84 Å². The van der Waals surface area contributed by atoms with E-state index >= 15 is 0 Å². The largest absolute Gasteiger partial charge is 0.493 e. The summed E-state index contributed by atoms with van der Waals surface area (Å²) in [5.74, 6) is 1.07. The van der Waals surface area contributed by atoms with Gasteiger partial charge in [0.2, 0.25) is 11.6 Å². The Hall–Kier alpha value is -3.93. The van der Waals surface area contributed by atoms with Crippen LogP contribution >= 0.6 is 0 Å². The van der Waals surface area contributed by atoms with Crippen LogP contribution in [0.25, 0.3) is 5.69 Å². The van der Waals surface area contributed by atoms with Gasteiger partial charge >= 0.3 is 5.69 Å². The molecule has 0 aliphatic carbocycles. The summed E-state index contributed by atoms with van der Waals surface area (Å²) in [7, 11) is 0. The Balaban J connectivity index is 2.04. The van der Waals surface area contributed by atoms with Crippen molar-refractivity contribution in [3.8, 4) is 29.1 Å². The maximum absolute atomic E-state index is 12.1. The molecular weight excluding hydrogens is 374 g/mol. The first-order chi connectivity index (χ1) is 13.7. The minimum atomic E-state index is -0.831. The molecular formula is C20H19N5O4. The average Bonchev–Trinajstić information content (AvgIpc) is 2.65. The molecule has 0 fully saturated rings. The molecule has 29 heavy (non-hydrogen) atoms. The molecule has 0 bridgehead atoms. The first-order valence-corrected chi connectivity index (χ1v) is 8.83. The number of benzene rings is 1. The van der Waals surface area contributed by atoms with Crippen molar-refractivity contribution >= 4 is 0 Å². The fourth-order valence-electron chi connectivity index (χ4n) is 2.91. The number of ether oxygens (including phenoxy) is 1. The zero-order valence-electron chi connectivity index (χ0n) is 16.3. The van der Waals surface area contributed by atoms with Crippen molar-refractivity contribution in [3.05, 3.63) is 67.6 Å². The lowest BCUT2D eigenvalue weighted by Gasteiger charge is -2.15. The summed E-state index contributed by atoms with van der Waals surface area (Å²) in [6, 6.07) is 6.71. The maximum atomic E-state index is 12.1. The standard InChI is InChI=1S/C20H19N5O4/c1-10(2)15-7-14(9-22-18(15)26)29-17-11(3)5-13(6-12(17)4)25-20(28)23-19(27)16(8-21)24-25/h5-7,9-10H,1-4H3,(H,22,26)(H,23,27,28). The number of hydrogen-bond acceptors (Lipinski definition) is 7. The lowest BCUT2D eigenvalue weighted by Crippen LogP contribution is -2.33. The van der Waals surface area contributed by atoms with E-state index in [0.29, 0.717) is 33.9 Å². The molecule has 0 aliphatic heterocycles. The summed E-state index contributed by atoms with van der Waals surface area (Å²) in [4.78, 5) is 29.7. The van der Waals surface area contributed by atoms with E-state index in [1.165, 1.54) is 6.20 Å². The molecule has 1 aromatic carbocycles. The van der Waals surface area contributed by atoms with Crippen LogP contribution in [0.4, 0.5) is 0 Å². The highest BCUT2D eigenvalue weighted by molar-refractivity contribution is 5.51. The van der Waals surface area contributed by atoms with Crippen LogP contribution in [0.2, 0.25) is 0 Å². The van der Waals surface area contributed by atoms with Crippen molar-refractivity contribution in [3.63, 3.8) is 0 Å². The van der Waals surface area contributed by atoms with Gasteiger partial charge in [0.15, 0.2) is 0 Å². The van der Waals surface area contributed by atoms with Crippen molar-refractivity contribution in [1.82, 2.24) is 19.7 Å². The van der Waals surface area contributed by atoms with Crippen molar-refractivity contribution in [1.29, 1.82) is 5.26 Å². The summed E-state index contributed by atoms with van der Waals surface area (Å²) >= 11 is 0. The van der Waals surface area contributed by atoms with Crippen LogP contribution in [-0.4, -0.2) is 24.9 Å². The predicted molar refractivity (Wildman–Crippen MR) is 105 cm³/mol. The van der Waals surface area contributed by atoms with Gasteiger partial charge in [-0.25, -0.2) is 9.78 Å². The van der Waals surface area contributed by atoms with Crippen LogP contribution in [0.15, 0.2) is 34.0 Å². The molecule has 2 aromatic heterocycles. The van der Waals surface area contributed by atoms with Gasteiger partial charge in [0, 0.05) is 5.56 Å². The second kappa shape index (κ2) is 7.59. The van der Waals surface area contributed by atoms with Gasteiger partial charge in [0.1, 0.15) is 17.6 Å². The molecule has 0 saturated carbocycles. The molecule has 2 N–H and O–H groups in total. The van der Waals surface area contributed by atoms with Crippen molar-refractivity contribution in [2.24, 2.45) is 0 Å². The maximum Gasteiger partial charge on any atom is 0.349 e. The Morgan fingerprint density at radius 2 is 1.86 bits per heavy atom. The van der Waals surface area contributed by atoms with Gasteiger partial charge in [-0.1, -0.05) is 13.8 Å². The molecule has 0 amide bonds. The van der Waals surface area contributed by atoms with Crippen LogP contribution in [0.3, 0.4) is 0 Å². The van der Waals surface area contributed by atoms with Crippen molar-refractivity contribution in [2.75, 3.05) is 0 Å². The Labute approximate surface area is 165 Å². The van der Waals surface area contributed by atoms with Crippen LogP contribution in [0, 0.1) is 25.2 Å². The highest BCUT2D eigenvalue weighted by Gasteiger charge is 2.14. The molecule has 0 spiro atoms. The summed E-state index contributed by atoms with van der Waals surface area (Å²) in [6.07, 6.45) is 1.43. The monoisotopic (exact) mass is 393 g/mol. The Bertz CT molecular complexity index is 1230. The van der Waals surface area contributed by atoms with E-state index in [1.54, 1.807) is 38.1 Å². The normalized spacial score (nSPS) is 10.8. The number of nitriles is 1. The molecule has 3 aromatic rings. The van der Waals surface area contributed by atoms with Gasteiger partial charge in [-0.15, -0.1) is 5.10 Å². The number of H-pyrrole nitrogens is 1. The number of pyridine rings is 1. The van der Waals surface area contributed by atoms with E-state index in [2.05, 4.69) is 15.1 Å². The molecule has 3 rings (SSSR count). The molecule has 0 unspecified atom stereocenters. The van der Waals surface area contributed by atoms with Gasteiger partial charge in [0.05, 0.1) is 11.9 Å². The van der Waals surface area contributed by atoms with Gasteiger partial charge in [-0.2, -0.15) is 9.94 Å². The van der Waals surface area contributed by atoms with Gasteiger partial charge in [-0.05, 0) is 49.1 Å². The first kappa shape index (κ1) is 19.8. The van der Waals surface area contributed by atoms with E-state index in [0.717, 1.165) is 4.68 Å². The summed E-state index contributed by atoms with van der Waals surface area (Å²) < 4.78 is 6.94. The summed E-state index contributed by atoms with van der Waals surface area (Å²) in [5.41, 5.74) is 0.486. The highest BCUT2D eigenvalue weighted by Crippen LogP contribution is 2.33. The second-order valence-corrected chi connectivity index (χ2v) is 6.88. The van der Waals surface area contributed by atoms with Crippen LogP contribution < -0.4 is 16.0 Å². The van der Waals surface area contributed by atoms with E-state index in [4.69, 9.17) is 10.00 Å². The van der Waals surface area contributed by atoms with E-state index in [9.17, 15) is 14.7 Å². The molecule has 0 saturated heterocycles. The highest BCUT2D eigenvalue weighted by atomic mass is 16.5. The van der Waals surface area contributed by atoms with Crippen molar-refractivity contribution < 1.29 is 9.84 Å². The molecule has 2 heterocycles. The number of aromatic nitrogens is 4.